The maximum absolute atomic E-state index is 13.2. The molecule has 2 N–H and O–H groups in total. The second kappa shape index (κ2) is 8.48. The summed E-state index contributed by atoms with van der Waals surface area (Å²) in [7, 11) is 0. The van der Waals surface area contributed by atoms with Crippen LogP contribution in [-0.2, 0) is 11.3 Å². The third kappa shape index (κ3) is 7.22. The van der Waals surface area contributed by atoms with Crippen LogP contribution >= 0.6 is 15.9 Å². The molecule has 1 unspecified atom stereocenters. The average molecular weight is 375 g/mol. The zero-order valence-electron chi connectivity index (χ0n) is 13.5. The van der Waals surface area contributed by atoms with Crippen LogP contribution in [0.2, 0.25) is 0 Å². The highest BCUT2D eigenvalue weighted by Crippen LogP contribution is 2.17. The standard InChI is InChI=1S/C16H24BrFN2O2/c1-5-13(20-15(21)22-16(2,3)4)10-19-9-11-8-12(18)6-7-14(11)17/h6-8,13,19H,5,9-10H2,1-4H3,(H,20,21). The highest BCUT2D eigenvalue weighted by molar-refractivity contribution is 9.10. The van der Waals surface area contributed by atoms with E-state index in [0.29, 0.717) is 13.1 Å². The van der Waals surface area contributed by atoms with E-state index in [4.69, 9.17) is 4.74 Å². The van der Waals surface area contributed by atoms with Gasteiger partial charge in [-0.15, -0.1) is 0 Å². The highest BCUT2D eigenvalue weighted by Gasteiger charge is 2.18. The van der Waals surface area contributed by atoms with Crippen molar-refractivity contribution < 1.29 is 13.9 Å². The van der Waals surface area contributed by atoms with E-state index in [1.54, 1.807) is 6.07 Å². The van der Waals surface area contributed by atoms with Gasteiger partial charge in [-0.25, -0.2) is 9.18 Å². The first-order chi connectivity index (χ1) is 10.2. The molecule has 0 saturated heterocycles. The molecule has 0 fully saturated rings. The van der Waals surface area contributed by atoms with Crippen LogP contribution in [0.1, 0.15) is 39.7 Å². The topological polar surface area (TPSA) is 50.4 Å². The minimum Gasteiger partial charge on any atom is -0.444 e. The van der Waals surface area contributed by atoms with Crippen molar-refractivity contribution in [1.29, 1.82) is 0 Å². The van der Waals surface area contributed by atoms with Crippen LogP contribution in [0.4, 0.5) is 9.18 Å². The lowest BCUT2D eigenvalue weighted by molar-refractivity contribution is 0.0502. The van der Waals surface area contributed by atoms with Crippen molar-refractivity contribution in [2.75, 3.05) is 6.54 Å². The third-order valence-corrected chi connectivity index (χ3v) is 3.70. The molecule has 0 saturated carbocycles. The van der Waals surface area contributed by atoms with Gasteiger partial charge in [0.1, 0.15) is 11.4 Å². The fraction of sp³-hybridized carbons (Fsp3) is 0.562. The lowest BCUT2D eigenvalue weighted by Crippen LogP contribution is -2.43. The van der Waals surface area contributed by atoms with Gasteiger partial charge in [0.2, 0.25) is 0 Å². The Bertz CT molecular complexity index is 503. The number of amides is 1. The molecule has 124 valence electrons. The van der Waals surface area contributed by atoms with E-state index in [0.717, 1.165) is 16.5 Å². The van der Waals surface area contributed by atoms with Crippen molar-refractivity contribution in [3.8, 4) is 0 Å². The van der Waals surface area contributed by atoms with Gasteiger partial charge < -0.3 is 15.4 Å². The molecule has 1 aromatic carbocycles. The van der Waals surface area contributed by atoms with Gasteiger partial charge in [-0.1, -0.05) is 22.9 Å². The second-order valence-corrected chi connectivity index (χ2v) is 6.97. The number of hydrogen-bond donors (Lipinski definition) is 2. The minimum atomic E-state index is -0.512. The summed E-state index contributed by atoms with van der Waals surface area (Å²) < 4.78 is 19.3. The molecule has 0 heterocycles. The summed E-state index contributed by atoms with van der Waals surface area (Å²) in [6, 6.07) is 4.54. The van der Waals surface area contributed by atoms with Crippen LogP contribution in [0.25, 0.3) is 0 Å². The Labute approximate surface area is 139 Å². The van der Waals surface area contributed by atoms with E-state index >= 15 is 0 Å². The molecule has 0 aliphatic rings. The highest BCUT2D eigenvalue weighted by atomic mass is 79.9. The largest absolute Gasteiger partial charge is 0.444 e. The second-order valence-electron chi connectivity index (χ2n) is 6.12. The molecule has 0 bridgehead atoms. The number of nitrogens with one attached hydrogen (secondary N) is 2. The quantitative estimate of drug-likeness (QED) is 0.791. The van der Waals surface area contributed by atoms with Gasteiger partial charge in [-0.3, -0.25) is 0 Å². The fourth-order valence-corrected chi connectivity index (χ4v) is 2.22. The Kier molecular flexibility index (Phi) is 7.29. The molecule has 1 aromatic rings. The average Bonchev–Trinajstić information content (AvgIpc) is 2.39. The van der Waals surface area contributed by atoms with E-state index in [1.165, 1.54) is 12.1 Å². The number of ether oxygens (including phenoxy) is 1. The van der Waals surface area contributed by atoms with E-state index in [2.05, 4.69) is 26.6 Å². The maximum Gasteiger partial charge on any atom is 0.407 e. The minimum absolute atomic E-state index is 0.0396. The maximum atomic E-state index is 13.2. The third-order valence-electron chi connectivity index (χ3n) is 2.93. The predicted molar refractivity (Wildman–Crippen MR) is 89.3 cm³/mol. The molecule has 0 aromatic heterocycles. The Morgan fingerprint density at radius 2 is 2.09 bits per heavy atom. The van der Waals surface area contributed by atoms with Crippen LogP contribution in [0.5, 0.6) is 0 Å². The van der Waals surface area contributed by atoms with Crippen LogP contribution < -0.4 is 10.6 Å². The fourth-order valence-electron chi connectivity index (χ4n) is 1.83. The summed E-state index contributed by atoms with van der Waals surface area (Å²) in [4.78, 5) is 11.7. The van der Waals surface area contributed by atoms with Crippen molar-refractivity contribution in [3.05, 3.63) is 34.1 Å². The van der Waals surface area contributed by atoms with Crippen molar-refractivity contribution >= 4 is 22.0 Å². The Balaban J connectivity index is 2.44. The van der Waals surface area contributed by atoms with Gasteiger partial charge in [-0.05, 0) is 51.0 Å². The SMILES string of the molecule is CCC(CNCc1cc(F)ccc1Br)NC(=O)OC(C)(C)C. The predicted octanol–water partition coefficient (Wildman–Crippen LogP) is 3.98. The number of halogens is 2. The summed E-state index contributed by atoms with van der Waals surface area (Å²) in [6.07, 6.45) is 0.351. The molecule has 6 heteroatoms. The molecule has 1 rings (SSSR count). The Morgan fingerprint density at radius 1 is 1.41 bits per heavy atom. The smallest absolute Gasteiger partial charge is 0.407 e. The molecule has 0 aliphatic carbocycles. The van der Waals surface area contributed by atoms with Crippen LogP contribution in [0.15, 0.2) is 22.7 Å². The molecule has 4 nitrogen and oxygen atoms in total. The number of rotatable bonds is 6. The lowest BCUT2D eigenvalue weighted by Gasteiger charge is -2.23. The number of alkyl carbamates (subject to hydrolysis) is 1. The van der Waals surface area contributed by atoms with Gasteiger partial charge in [0.15, 0.2) is 0 Å². The first-order valence-electron chi connectivity index (χ1n) is 7.35. The van der Waals surface area contributed by atoms with Gasteiger partial charge in [-0.2, -0.15) is 0 Å². The molecule has 0 aliphatic heterocycles. The summed E-state index contributed by atoms with van der Waals surface area (Å²) in [6.45, 7) is 8.57. The molecular weight excluding hydrogens is 351 g/mol. The van der Waals surface area contributed by atoms with Crippen LogP contribution in [-0.4, -0.2) is 24.3 Å². The van der Waals surface area contributed by atoms with Crippen molar-refractivity contribution in [2.24, 2.45) is 0 Å². The van der Waals surface area contributed by atoms with Crippen molar-refractivity contribution in [1.82, 2.24) is 10.6 Å². The monoisotopic (exact) mass is 374 g/mol. The lowest BCUT2D eigenvalue weighted by atomic mass is 10.2. The van der Waals surface area contributed by atoms with Crippen LogP contribution in [0.3, 0.4) is 0 Å². The number of benzene rings is 1. The van der Waals surface area contributed by atoms with Gasteiger partial charge in [0.25, 0.3) is 0 Å². The van der Waals surface area contributed by atoms with Gasteiger partial charge in [0, 0.05) is 23.6 Å². The summed E-state index contributed by atoms with van der Waals surface area (Å²) >= 11 is 3.39. The summed E-state index contributed by atoms with van der Waals surface area (Å²) in [5.74, 6) is -0.265. The number of carbonyl (C=O) groups excluding carboxylic acids is 1. The van der Waals surface area contributed by atoms with E-state index in [1.807, 2.05) is 27.7 Å². The Morgan fingerprint density at radius 3 is 2.68 bits per heavy atom. The first-order valence-corrected chi connectivity index (χ1v) is 8.14. The van der Waals surface area contributed by atoms with E-state index in [-0.39, 0.29) is 11.9 Å². The van der Waals surface area contributed by atoms with Gasteiger partial charge in [0.05, 0.1) is 0 Å². The molecule has 0 spiro atoms. The van der Waals surface area contributed by atoms with Crippen molar-refractivity contribution in [2.45, 2.75) is 52.3 Å². The molecule has 22 heavy (non-hydrogen) atoms. The zero-order valence-corrected chi connectivity index (χ0v) is 15.1. The van der Waals surface area contributed by atoms with E-state index in [9.17, 15) is 9.18 Å². The Hall–Kier alpha value is -1.14. The number of carbonyl (C=O) groups is 1. The first kappa shape index (κ1) is 18.9. The molecule has 0 radical (unpaired) electrons. The van der Waals surface area contributed by atoms with E-state index < -0.39 is 11.7 Å². The summed E-state index contributed by atoms with van der Waals surface area (Å²) in [5, 5.41) is 6.05. The molecular formula is C16H24BrFN2O2. The normalized spacial score (nSPS) is 12.8. The number of hydrogen-bond acceptors (Lipinski definition) is 3. The van der Waals surface area contributed by atoms with Crippen LogP contribution in [0, 0.1) is 5.82 Å². The van der Waals surface area contributed by atoms with Crippen molar-refractivity contribution in [3.63, 3.8) is 0 Å². The molecule has 1 atom stereocenters. The molecule has 1 amide bonds. The summed E-state index contributed by atoms with van der Waals surface area (Å²) in [5.41, 5.74) is 0.328. The zero-order chi connectivity index (χ0) is 16.8. The van der Waals surface area contributed by atoms with Gasteiger partial charge >= 0.3 is 6.09 Å².